The molecule has 2 aromatic heterocycles. The minimum absolute atomic E-state index is 0.0257. The van der Waals surface area contributed by atoms with Crippen LogP contribution in [0.3, 0.4) is 0 Å². The van der Waals surface area contributed by atoms with E-state index >= 15 is 0 Å². The molecule has 172 valence electrons. The first-order valence-electron chi connectivity index (χ1n) is 10.3. The predicted octanol–water partition coefficient (Wildman–Crippen LogP) is 5.03. The molecule has 5 rings (SSSR count). The first-order valence-corrected chi connectivity index (χ1v) is 11.0. The summed E-state index contributed by atoms with van der Waals surface area (Å²) in [6, 6.07) is 9.47. The minimum atomic E-state index is -4.67. The van der Waals surface area contributed by atoms with Crippen molar-refractivity contribution in [3.8, 4) is 0 Å². The maximum absolute atomic E-state index is 13.7. The van der Waals surface area contributed by atoms with Crippen molar-refractivity contribution in [2.75, 3.05) is 24.5 Å². The van der Waals surface area contributed by atoms with E-state index in [0.29, 0.717) is 20.8 Å². The lowest BCUT2D eigenvalue weighted by Gasteiger charge is -2.34. The van der Waals surface area contributed by atoms with Crippen molar-refractivity contribution in [1.82, 2.24) is 14.5 Å². The molecule has 1 aromatic carbocycles. The van der Waals surface area contributed by atoms with E-state index in [1.165, 1.54) is 9.80 Å². The summed E-state index contributed by atoms with van der Waals surface area (Å²) in [4.78, 5) is 28.6. The van der Waals surface area contributed by atoms with Crippen LogP contribution in [0.2, 0.25) is 10.0 Å². The molecule has 1 aliphatic carbocycles. The zero-order valence-corrected chi connectivity index (χ0v) is 18.6. The molecule has 0 bridgehead atoms. The lowest BCUT2D eigenvalue weighted by Crippen LogP contribution is -2.52. The number of benzene rings is 1. The Morgan fingerprint density at radius 1 is 1.09 bits per heavy atom. The number of para-hydroxylation sites is 1. The van der Waals surface area contributed by atoms with Crippen molar-refractivity contribution in [1.29, 1.82) is 0 Å². The molecule has 6 nitrogen and oxygen atoms in total. The summed E-state index contributed by atoms with van der Waals surface area (Å²) >= 11 is 12.5. The van der Waals surface area contributed by atoms with Crippen LogP contribution in [0, 0.1) is 0 Å². The number of pyridine rings is 1. The van der Waals surface area contributed by atoms with E-state index in [0.717, 1.165) is 18.9 Å². The van der Waals surface area contributed by atoms with Crippen LogP contribution in [-0.4, -0.2) is 46.0 Å². The number of anilines is 1. The largest absolute Gasteiger partial charge is 0.433 e. The minimum Gasteiger partial charge on any atom is -0.326 e. The van der Waals surface area contributed by atoms with Crippen molar-refractivity contribution in [3.63, 3.8) is 0 Å². The third-order valence-electron chi connectivity index (χ3n) is 5.89. The fourth-order valence-electron chi connectivity index (χ4n) is 4.05. The summed E-state index contributed by atoms with van der Waals surface area (Å²) in [6.07, 6.45) is -3.05. The average Bonchev–Trinajstić information content (AvgIpc) is 3.57. The summed E-state index contributed by atoms with van der Waals surface area (Å²) in [5.74, 6) is -1.01. The molecule has 0 spiro atoms. The van der Waals surface area contributed by atoms with E-state index in [1.807, 2.05) is 0 Å². The zero-order valence-electron chi connectivity index (χ0n) is 17.1. The molecule has 2 fully saturated rings. The topological polar surface area (TPSA) is 57.9 Å². The van der Waals surface area contributed by atoms with Gasteiger partial charge in [0.1, 0.15) is 12.2 Å². The lowest BCUT2D eigenvalue weighted by atomic mass is 10.1. The highest BCUT2D eigenvalue weighted by Crippen LogP contribution is 2.43. The zero-order chi connectivity index (χ0) is 23.5. The van der Waals surface area contributed by atoms with Gasteiger partial charge in [0.2, 0.25) is 5.91 Å². The number of carbonyl (C=O) groups excluding carboxylic acids is 2. The molecule has 0 unspecified atom stereocenters. The van der Waals surface area contributed by atoms with E-state index < -0.39 is 17.8 Å². The molecule has 2 aliphatic rings. The summed E-state index contributed by atoms with van der Waals surface area (Å²) in [7, 11) is 0. The molecule has 3 heterocycles. The lowest BCUT2D eigenvalue weighted by molar-refractivity contribution is -0.142. The Bertz CT molecular complexity index is 1290. The number of halogens is 5. The van der Waals surface area contributed by atoms with Gasteiger partial charge in [0.15, 0.2) is 5.69 Å². The van der Waals surface area contributed by atoms with Gasteiger partial charge in [-0.25, -0.2) is 4.52 Å². The first-order chi connectivity index (χ1) is 15.6. The van der Waals surface area contributed by atoms with Gasteiger partial charge in [-0.15, -0.1) is 0 Å². The Hall–Kier alpha value is -2.78. The molecule has 11 heteroatoms. The highest BCUT2D eigenvalue weighted by Gasteiger charge is 2.38. The van der Waals surface area contributed by atoms with E-state index in [9.17, 15) is 22.8 Å². The second-order valence-electron chi connectivity index (χ2n) is 8.13. The molecule has 33 heavy (non-hydrogen) atoms. The number of amides is 2. The Morgan fingerprint density at radius 2 is 1.82 bits per heavy atom. The molecule has 2 amide bonds. The Kier molecular flexibility index (Phi) is 5.29. The van der Waals surface area contributed by atoms with E-state index in [4.69, 9.17) is 23.2 Å². The van der Waals surface area contributed by atoms with Crippen molar-refractivity contribution in [2.24, 2.45) is 0 Å². The first kappa shape index (κ1) is 22.0. The quantitative estimate of drug-likeness (QED) is 0.511. The Balaban J connectivity index is 1.46. The maximum atomic E-state index is 13.7. The Morgan fingerprint density at radius 3 is 2.45 bits per heavy atom. The Labute approximate surface area is 196 Å². The number of fused-ring (bicyclic) bond motifs is 1. The number of nitrogens with zero attached hydrogens (tertiary/aromatic N) is 4. The molecule has 1 saturated heterocycles. The van der Waals surface area contributed by atoms with Crippen LogP contribution in [-0.2, 0) is 11.0 Å². The number of hydrogen-bond acceptors (Lipinski definition) is 3. The predicted molar refractivity (Wildman–Crippen MR) is 117 cm³/mol. The van der Waals surface area contributed by atoms with Gasteiger partial charge in [-0.2, -0.15) is 18.3 Å². The van der Waals surface area contributed by atoms with Gasteiger partial charge in [0, 0.05) is 13.1 Å². The fraction of sp³-hybridized carbons (Fsp3) is 0.318. The average molecular weight is 497 g/mol. The number of piperazine rings is 1. The van der Waals surface area contributed by atoms with Crippen molar-refractivity contribution in [3.05, 3.63) is 63.4 Å². The third-order valence-corrected chi connectivity index (χ3v) is 6.58. The summed E-state index contributed by atoms with van der Waals surface area (Å²) in [6.45, 7) is 0.0616. The summed E-state index contributed by atoms with van der Waals surface area (Å²) < 4.78 is 41.8. The van der Waals surface area contributed by atoms with Gasteiger partial charge in [-0.3, -0.25) is 9.59 Å². The van der Waals surface area contributed by atoms with E-state index in [1.54, 1.807) is 30.3 Å². The van der Waals surface area contributed by atoms with Crippen LogP contribution in [0.5, 0.6) is 0 Å². The number of aromatic nitrogens is 2. The second-order valence-corrected chi connectivity index (χ2v) is 8.91. The number of carbonyl (C=O) groups is 2. The highest BCUT2D eigenvalue weighted by molar-refractivity contribution is 6.37. The molecule has 1 saturated carbocycles. The highest BCUT2D eigenvalue weighted by atomic mass is 35.5. The van der Waals surface area contributed by atoms with Gasteiger partial charge in [-0.1, -0.05) is 35.3 Å². The van der Waals surface area contributed by atoms with Gasteiger partial charge >= 0.3 is 6.18 Å². The summed E-state index contributed by atoms with van der Waals surface area (Å²) in [5.41, 5.74) is -0.210. The van der Waals surface area contributed by atoms with Gasteiger partial charge in [0.25, 0.3) is 5.91 Å². The molecular weight excluding hydrogens is 480 g/mol. The van der Waals surface area contributed by atoms with Gasteiger partial charge in [-0.05, 0) is 48.6 Å². The molecule has 3 aromatic rings. The standard InChI is InChI=1S/C22H17Cl2F3N4O2/c23-14-3-1-2-4-15(14)30-8-7-29(11-18(30)32)21(33)20-19(24)16-9-13(12-5-6-12)10-17(22(25,26)27)31(16)28-20/h1-4,9-10,12H,5-8,11H2. The van der Waals surface area contributed by atoms with Crippen molar-refractivity contribution >= 4 is 46.2 Å². The molecule has 0 N–H and O–H groups in total. The summed E-state index contributed by atoms with van der Waals surface area (Å²) in [5, 5.41) is 4.16. The molecule has 0 atom stereocenters. The van der Waals surface area contributed by atoms with E-state index in [-0.39, 0.29) is 47.7 Å². The van der Waals surface area contributed by atoms with Crippen LogP contribution >= 0.6 is 23.2 Å². The van der Waals surface area contributed by atoms with Crippen molar-refractivity contribution in [2.45, 2.75) is 24.9 Å². The maximum Gasteiger partial charge on any atom is 0.433 e. The van der Waals surface area contributed by atoms with Crippen LogP contribution < -0.4 is 4.90 Å². The fourth-order valence-corrected chi connectivity index (χ4v) is 4.54. The molecule has 0 radical (unpaired) electrons. The number of rotatable bonds is 3. The van der Waals surface area contributed by atoms with Crippen LogP contribution in [0.15, 0.2) is 36.4 Å². The molecule has 1 aliphatic heterocycles. The third kappa shape index (κ3) is 3.93. The SMILES string of the molecule is O=C(c1nn2c(C(F)(F)F)cc(C3CC3)cc2c1Cl)N1CCN(c2ccccc2Cl)C(=O)C1. The monoisotopic (exact) mass is 496 g/mol. The van der Waals surface area contributed by atoms with Crippen LogP contribution in [0.4, 0.5) is 18.9 Å². The number of hydrogen-bond donors (Lipinski definition) is 0. The second kappa shape index (κ2) is 7.92. The normalized spacial score (nSPS) is 17.2. The van der Waals surface area contributed by atoms with Crippen LogP contribution in [0.25, 0.3) is 5.52 Å². The van der Waals surface area contributed by atoms with Crippen LogP contribution in [0.1, 0.15) is 40.5 Å². The van der Waals surface area contributed by atoms with Gasteiger partial charge < -0.3 is 9.80 Å². The van der Waals surface area contributed by atoms with Gasteiger partial charge in [0.05, 0.1) is 21.2 Å². The van der Waals surface area contributed by atoms with Crippen molar-refractivity contribution < 1.29 is 22.8 Å². The molecular formula is C22H17Cl2F3N4O2. The number of alkyl halides is 3. The van der Waals surface area contributed by atoms with E-state index in [2.05, 4.69) is 5.10 Å². The smallest absolute Gasteiger partial charge is 0.326 e.